The molecule has 2 atom stereocenters. The van der Waals surface area contributed by atoms with Gasteiger partial charge in [0.15, 0.2) is 0 Å². The Bertz CT molecular complexity index is 831. The van der Waals surface area contributed by atoms with Crippen LogP contribution < -0.4 is 4.74 Å². The Labute approximate surface area is 159 Å². The maximum absolute atomic E-state index is 13.1. The van der Waals surface area contributed by atoms with Gasteiger partial charge in [-0.3, -0.25) is 4.79 Å². The summed E-state index contributed by atoms with van der Waals surface area (Å²) in [7, 11) is 1.60. The molecule has 142 valence electrons. The highest BCUT2D eigenvalue weighted by Gasteiger charge is 2.41. The van der Waals surface area contributed by atoms with Gasteiger partial charge in [0.2, 0.25) is 5.91 Å². The minimum Gasteiger partial charge on any atom is -0.497 e. The number of amides is 2. The lowest BCUT2D eigenvalue weighted by atomic mass is 9.93. The summed E-state index contributed by atoms with van der Waals surface area (Å²) in [4.78, 5) is 26.5. The van der Waals surface area contributed by atoms with Crippen LogP contribution in [0.25, 0.3) is 11.1 Å². The van der Waals surface area contributed by atoms with E-state index in [0.29, 0.717) is 5.75 Å². The molecule has 0 bridgehead atoms. The first-order valence-electron chi connectivity index (χ1n) is 9.16. The zero-order chi connectivity index (χ0) is 19.6. The number of carbonyl (C=O) groups excluding carboxylic acids is 2. The smallest absolute Gasteiger partial charge is 0.417 e. The minimum absolute atomic E-state index is 0.137. The second-order valence-electron chi connectivity index (χ2n) is 7.18. The van der Waals surface area contributed by atoms with Crippen LogP contribution in [0.15, 0.2) is 48.5 Å². The number of benzene rings is 2. The molecule has 0 N–H and O–H groups in total. The van der Waals surface area contributed by atoms with Gasteiger partial charge in [0.1, 0.15) is 12.4 Å². The van der Waals surface area contributed by atoms with Crippen LogP contribution in [0.2, 0.25) is 0 Å². The lowest BCUT2D eigenvalue weighted by Crippen LogP contribution is -2.43. The third-order valence-electron chi connectivity index (χ3n) is 5.05. The topological polar surface area (TPSA) is 55.8 Å². The monoisotopic (exact) mass is 367 g/mol. The fraction of sp³-hybridized carbons (Fsp3) is 0.364. The van der Waals surface area contributed by atoms with Crippen molar-refractivity contribution in [2.75, 3.05) is 13.7 Å². The van der Waals surface area contributed by atoms with Gasteiger partial charge in [-0.1, -0.05) is 50.2 Å². The number of hydrogen-bond acceptors (Lipinski definition) is 4. The molecule has 5 heteroatoms. The van der Waals surface area contributed by atoms with E-state index >= 15 is 0 Å². The summed E-state index contributed by atoms with van der Waals surface area (Å²) in [6.45, 7) is 6.03. The molecule has 1 heterocycles. The molecule has 2 amide bonds. The van der Waals surface area contributed by atoms with Gasteiger partial charge in [0, 0.05) is 0 Å². The first kappa shape index (κ1) is 19.0. The molecule has 1 fully saturated rings. The molecule has 0 spiro atoms. The van der Waals surface area contributed by atoms with Crippen LogP contribution in [0.3, 0.4) is 0 Å². The summed E-state index contributed by atoms with van der Waals surface area (Å²) in [6.07, 6.45) is -0.559. The summed E-state index contributed by atoms with van der Waals surface area (Å²) >= 11 is 0. The molecule has 1 saturated heterocycles. The van der Waals surface area contributed by atoms with Crippen molar-refractivity contribution < 1.29 is 19.1 Å². The molecule has 2 aromatic carbocycles. The van der Waals surface area contributed by atoms with Crippen molar-refractivity contribution in [3.8, 4) is 16.9 Å². The van der Waals surface area contributed by atoms with Gasteiger partial charge in [-0.2, -0.15) is 0 Å². The Morgan fingerprint density at radius 2 is 1.81 bits per heavy atom. The number of hydrogen-bond donors (Lipinski definition) is 0. The standard InChI is InChI=1S/C22H25NO4/c1-14(2)20-13-27-22(25)23(20)21(24)15(3)17-10-18(12-19(11-17)26-4)16-8-6-5-7-9-16/h5-12,14-15,20H,13H2,1-4H3/t15-,20+/m1/s1. The van der Waals surface area contributed by atoms with Crippen LogP contribution >= 0.6 is 0 Å². The van der Waals surface area contributed by atoms with E-state index in [1.807, 2.05) is 69.3 Å². The third-order valence-corrected chi connectivity index (χ3v) is 5.05. The summed E-state index contributed by atoms with van der Waals surface area (Å²) in [6, 6.07) is 15.5. The molecule has 5 nitrogen and oxygen atoms in total. The number of carbonyl (C=O) groups is 2. The molecule has 0 aliphatic carbocycles. The highest BCUT2D eigenvalue weighted by atomic mass is 16.6. The minimum atomic E-state index is -0.559. The van der Waals surface area contributed by atoms with Crippen molar-refractivity contribution in [2.24, 2.45) is 5.92 Å². The van der Waals surface area contributed by atoms with Crippen molar-refractivity contribution in [1.29, 1.82) is 0 Å². The SMILES string of the molecule is COc1cc(-c2ccccc2)cc([C@@H](C)C(=O)N2C(=O)OC[C@H]2C(C)C)c1. The van der Waals surface area contributed by atoms with Gasteiger partial charge in [0.05, 0.1) is 19.1 Å². The van der Waals surface area contributed by atoms with Gasteiger partial charge >= 0.3 is 6.09 Å². The van der Waals surface area contributed by atoms with E-state index in [9.17, 15) is 9.59 Å². The average Bonchev–Trinajstić information content (AvgIpc) is 3.08. The summed E-state index contributed by atoms with van der Waals surface area (Å²) < 4.78 is 10.6. The van der Waals surface area contributed by atoms with E-state index in [4.69, 9.17) is 9.47 Å². The van der Waals surface area contributed by atoms with E-state index in [2.05, 4.69) is 0 Å². The van der Waals surface area contributed by atoms with Crippen LogP contribution in [0, 0.1) is 5.92 Å². The van der Waals surface area contributed by atoms with Gasteiger partial charge in [-0.15, -0.1) is 0 Å². The first-order valence-corrected chi connectivity index (χ1v) is 9.16. The fourth-order valence-corrected chi connectivity index (χ4v) is 3.32. The molecule has 0 saturated carbocycles. The third kappa shape index (κ3) is 3.82. The highest BCUT2D eigenvalue weighted by Crippen LogP contribution is 2.32. The number of imide groups is 1. The molecular formula is C22H25NO4. The van der Waals surface area contributed by atoms with Crippen LogP contribution in [0.4, 0.5) is 4.79 Å². The molecule has 0 unspecified atom stereocenters. The van der Waals surface area contributed by atoms with Gasteiger partial charge in [0.25, 0.3) is 0 Å². The summed E-state index contributed by atoms with van der Waals surface area (Å²) in [5.41, 5.74) is 2.81. The molecule has 0 aromatic heterocycles. The zero-order valence-corrected chi connectivity index (χ0v) is 16.1. The Morgan fingerprint density at radius 3 is 2.44 bits per heavy atom. The number of rotatable bonds is 5. The predicted molar refractivity (Wildman–Crippen MR) is 104 cm³/mol. The number of methoxy groups -OCH3 is 1. The van der Waals surface area contributed by atoms with E-state index in [-0.39, 0.29) is 24.5 Å². The van der Waals surface area contributed by atoms with Crippen molar-refractivity contribution in [2.45, 2.75) is 32.7 Å². The Balaban J connectivity index is 1.95. The normalized spacial score (nSPS) is 17.7. The second kappa shape index (κ2) is 7.82. The van der Waals surface area contributed by atoms with Crippen LogP contribution in [0.5, 0.6) is 5.75 Å². The quantitative estimate of drug-likeness (QED) is 0.782. The van der Waals surface area contributed by atoms with E-state index in [1.165, 1.54) is 4.90 Å². The molecule has 2 aromatic rings. The van der Waals surface area contributed by atoms with Crippen LogP contribution in [-0.2, 0) is 9.53 Å². The van der Waals surface area contributed by atoms with E-state index < -0.39 is 12.0 Å². The Kier molecular flexibility index (Phi) is 5.49. The molecule has 1 aliphatic rings. The zero-order valence-electron chi connectivity index (χ0n) is 16.1. The summed E-state index contributed by atoms with van der Waals surface area (Å²) in [5.74, 6) is 0.0751. The summed E-state index contributed by atoms with van der Waals surface area (Å²) in [5, 5.41) is 0. The van der Waals surface area contributed by atoms with E-state index in [0.717, 1.165) is 16.7 Å². The maximum atomic E-state index is 13.1. The largest absolute Gasteiger partial charge is 0.497 e. The maximum Gasteiger partial charge on any atom is 0.417 e. The molecule has 3 rings (SSSR count). The number of ether oxygens (including phenoxy) is 2. The Hall–Kier alpha value is -2.82. The van der Waals surface area contributed by atoms with Gasteiger partial charge in [-0.05, 0) is 41.7 Å². The van der Waals surface area contributed by atoms with Crippen LogP contribution in [-0.4, -0.2) is 36.7 Å². The van der Waals surface area contributed by atoms with Gasteiger partial charge in [-0.25, -0.2) is 9.69 Å². The first-order chi connectivity index (χ1) is 12.9. The van der Waals surface area contributed by atoms with E-state index in [1.54, 1.807) is 7.11 Å². The molecule has 1 aliphatic heterocycles. The van der Waals surface area contributed by atoms with Crippen molar-refractivity contribution in [1.82, 2.24) is 4.90 Å². The lowest BCUT2D eigenvalue weighted by Gasteiger charge is -2.25. The molecule has 0 radical (unpaired) electrons. The van der Waals surface area contributed by atoms with Crippen molar-refractivity contribution in [3.05, 3.63) is 54.1 Å². The van der Waals surface area contributed by atoms with Crippen LogP contribution in [0.1, 0.15) is 32.3 Å². The highest BCUT2D eigenvalue weighted by molar-refractivity contribution is 5.97. The number of cyclic esters (lactones) is 1. The van der Waals surface area contributed by atoms with Gasteiger partial charge < -0.3 is 9.47 Å². The van der Waals surface area contributed by atoms with Crippen molar-refractivity contribution in [3.63, 3.8) is 0 Å². The fourth-order valence-electron chi connectivity index (χ4n) is 3.32. The Morgan fingerprint density at radius 1 is 1.11 bits per heavy atom. The number of nitrogens with zero attached hydrogens (tertiary/aromatic N) is 1. The lowest BCUT2D eigenvalue weighted by molar-refractivity contribution is -0.131. The molecular weight excluding hydrogens is 342 g/mol. The van der Waals surface area contributed by atoms with Crippen molar-refractivity contribution >= 4 is 12.0 Å². The molecule has 27 heavy (non-hydrogen) atoms. The average molecular weight is 367 g/mol. The predicted octanol–water partition coefficient (Wildman–Crippen LogP) is 4.47. The second-order valence-corrected chi connectivity index (χ2v) is 7.18.